The molecule has 0 spiro atoms. The fraction of sp³-hybridized carbons (Fsp3) is 0.286. The molecular weight excluding hydrogens is 296 g/mol. The van der Waals surface area contributed by atoms with E-state index < -0.39 is 6.10 Å². The van der Waals surface area contributed by atoms with E-state index in [2.05, 4.69) is 58.9 Å². The predicted octanol–water partition coefficient (Wildman–Crippen LogP) is 4.06. The van der Waals surface area contributed by atoms with E-state index in [9.17, 15) is 5.11 Å². The third-order valence-corrected chi connectivity index (χ3v) is 5.70. The Labute approximate surface area is 141 Å². The van der Waals surface area contributed by atoms with Crippen LogP contribution in [0.5, 0.6) is 0 Å². The summed E-state index contributed by atoms with van der Waals surface area (Å²) in [5.74, 6) is 0.178. The second-order valence-electron chi connectivity index (χ2n) is 7.07. The molecule has 1 aromatic heterocycles. The van der Waals surface area contributed by atoms with Gasteiger partial charge in [-0.15, -0.1) is 0 Å². The lowest BCUT2D eigenvalue weighted by Gasteiger charge is -2.35. The Kier molecular flexibility index (Phi) is 2.95. The lowest BCUT2D eigenvalue weighted by atomic mass is 9.75. The van der Waals surface area contributed by atoms with Crippen LogP contribution >= 0.6 is 0 Å². The summed E-state index contributed by atoms with van der Waals surface area (Å²) < 4.78 is 2.25. The molecule has 0 saturated heterocycles. The van der Waals surface area contributed by atoms with E-state index in [1.165, 1.54) is 22.3 Å². The maximum Gasteiger partial charge on any atom is 0.0956 e. The molecule has 3 nitrogen and oxygen atoms in total. The number of rotatable bonds is 1. The van der Waals surface area contributed by atoms with Crippen molar-refractivity contribution in [3.8, 4) is 11.3 Å². The Bertz CT molecular complexity index is 927. The first-order valence-corrected chi connectivity index (χ1v) is 8.62. The number of imidazole rings is 1. The highest BCUT2D eigenvalue weighted by Crippen LogP contribution is 2.49. The quantitative estimate of drug-likeness (QED) is 0.735. The van der Waals surface area contributed by atoms with E-state index in [1.807, 2.05) is 12.5 Å². The molecule has 24 heavy (non-hydrogen) atoms. The lowest BCUT2D eigenvalue weighted by Crippen LogP contribution is -2.28. The molecule has 3 unspecified atom stereocenters. The van der Waals surface area contributed by atoms with Crippen molar-refractivity contribution in [1.82, 2.24) is 9.55 Å². The summed E-state index contributed by atoms with van der Waals surface area (Å²) in [6.07, 6.45) is 5.44. The fourth-order valence-corrected chi connectivity index (χ4v) is 4.59. The van der Waals surface area contributed by atoms with E-state index in [0.29, 0.717) is 0 Å². The number of aliphatic hydroxyl groups excluding tert-OH is 1. The van der Waals surface area contributed by atoms with Gasteiger partial charge in [-0.1, -0.05) is 48.0 Å². The van der Waals surface area contributed by atoms with Crippen molar-refractivity contribution < 1.29 is 5.11 Å². The van der Waals surface area contributed by atoms with Gasteiger partial charge in [0, 0.05) is 11.5 Å². The molecule has 3 atom stereocenters. The second-order valence-corrected chi connectivity index (χ2v) is 7.07. The fourth-order valence-electron chi connectivity index (χ4n) is 4.59. The highest BCUT2D eigenvalue weighted by atomic mass is 16.3. The van der Waals surface area contributed by atoms with Crippen molar-refractivity contribution in [3.63, 3.8) is 0 Å². The van der Waals surface area contributed by atoms with Gasteiger partial charge in [-0.05, 0) is 36.5 Å². The van der Waals surface area contributed by atoms with Gasteiger partial charge in [0.15, 0.2) is 0 Å². The smallest absolute Gasteiger partial charge is 0.0956 e. The number of hydrogen-bond donors (Lipinski definition) is 1. The molecule has 5 rings (SSSR count). The molecule has 1 aliphatic heterocycles. The van der Waals surface area contributed by atoms with Crippen LogP contribution < -0.4 is 0 Å². The molecule has 1 N–H and O–H groups in total. The van der Waals surface area contributed by atoms with Crippen LogP contribution in [0, 0.1) is 12.8 Å². The van der Waals surface area contributed by atoms with Crippen LogP contribution in [0.25, 0.3) is 11.3 Å². The summed E-state index contributed by atoms with van der Waals surface area (Å²) in [6.45, 7) is 2.11. The summed E-state index contributed by atoms with van der Waals surface area (Å²) in [5.41, 5.74) is 7.40. The molecule has 0 saturated carbocycles. The van der Waals surface area contributed by atoms with Crippen LogP contribution in [-0.4, -0.2) is 14.7 Å². The van der Waals surface area contributed by atoms with Gasteiger partial charge in [0.1, 0.15) is 0 Å². The number of fused-ring (bicyclic) bond motifs is 4. The number of aromatic nitrogens is 2. The first-order valence-electron chi connectivity index (χ1n) is 8.62. The van der Waals surface area contributed by atoms with Crippen LogP contribution in [0.1, 0.15) is 40.8 Å². The highest BCUT2D eigenvalue weighted by molar-refractivity contribution is 5.69. The van der Waals surface area contributed by atoms with Crippen LogP contribution in [0.3, 0.4) is 0 Å². The maximum atomic E-state index is 11.1. The average Bonchev–Trinajstić information content (AvgIpc) is 3.16. The van der Waals surface area contributed by atoms with Gasteiger partial charge in [0.05, 0.1) is 30.4 Å². The highest BCUT2D eigenvalue weighted by Gasteiger charge is 2.40. The summed E-state index contributed by atoms with van der Waals surface area (Å²) >= 11 is 0. The zero-order valence-corrected chi connectivity index (χ0v) is 13.7. The maximum absolute atomic E-state index is 11.1. The molecule has 120 valence electrons. The minimum Gasteiger partial charge on any atom is -0.388 e. The van der Waals surface area contributed by atoms with Crippen LogP contribution in [0.4, 0.5) is 0 Å². The molecule has 2 aliphatic rings. The SMILES string of the molecule is Cc1ccc2c(c1)CCC(C1c3ccccc3-c3cncn31)C2O. The summed E-state index contributed by atoms with van der Waals surface area (Å²) in [5, 5.41) is 11.1. The summed E-state index contributed by atoms with van der Waals surface area (Å²) in [6, 6.07) is 15.1. The van der Waals surface area contributed by atoms with E-state index in [4.69, 9.17) is 0 Å². The van der Waals surface area contributed by atoms with Gasteiger partial charge in [-0.25, -0.2) is 4.98 Å². The van der Waals surface area contributed by atoms with E-state index in [-0.39, 0.29) is 12.0 Å². The molecule has 0 amide bonds. The van der Waals surface area contributed by atoms with E-state index in [1.54, 1.807) is 0 Å². The lowest BCUT2D eigenvalue weighted by molar-refractivity contribution is 0.0720. The van der Waals surface area contributed by atoms with Crippen molar-refractivity contribution in [2.45, 2.75) is 31.9 Å². The summed E-state index contributed by atoms with van der Waals surface area (Å²) in [7, 11) is 0. The van der Waals surface area contributed by atoms with Gasteiger partial charge in [0.25, 0.3) is 0 Å². The third-order valence-electron chi connectivity index (χ3n) is 5.70. The van der Waals surface area contributed by atoms with Gasteiger partial charge in [0.2, 0.25) is 0 Å². The standard InChI is InChI=1S/C21H20N2O/c1-13-6-8-15-14(10-13)7-9-18(21(15)24)20-17-5-3-2-4-16(17)19-11-22-12-23(19)20/h2-6,8,10-12,18,20-21,24H,7,9H2,1H3. The van der Waals surface area contributed by atoms with Crippen molar-refractivity contribution in [2.24, 2.45) is 5.92 Å². The number of nitrogens with zero attached hydrogens (tertiary/aromatic N) is 2. The summed E-state index contributed by atoms with van der Waals surface area (Å²) in [4.78, 5) is 4.35. The van der Waals surface area contributed by atoms with E-state index in [0.717, 1.165) is 24.1 Å². The molecule has 0 fully saturated rings. The largest absolute Gasteiger partial charge is 0.388 e. The van der Waals surface area contributed by atoms with Gasteiger partial charge in [-0.3, -0.25) is 0 Å². The molecule has 1 aliphatic carbocycles. The first kappa shape index (κ1) is 14.0. The monoisotopic (exact) mass is 316 g/mol. The molecule has 3 aromatic rings. The Balaban J connectivity index is 1.62. The van der Waals surface area contributed by atoms with Crippen molar-refractivity contribution >= 4 is 0 Å². The van der Waals surface area contributed by atoms with Crippen LogP contribution in [0.15, 0.2) is 55.0 Å². The molecule has 2 heterocycles. The minimum absolute atomic E-state index is 0.170. The molecule has 3 heteroatoms. The predicted molar refractivity (Wildman–Crippen MR) is 93.8 cm³/mol. The van der Waals surface area contributed by atoms with Gasteiger partial charge < -0.3 is 9.67 Å². The van der Waals surface area contributed by atoms with Crippen LogP contribution in [-0.2, 0) is 6.42 Å². The van der Waals surface area contributed by atoms with Crippen molar-refractivity contribution in [2.75, 3.05) is 0 Å². The number of benzene rings is 2. The van der Waals surface area contributed by atoms with Gasteiger partial charge >= 0.3 is 0 Å². The molecule has 0 bridgehead atoms. The van der Waals surface area contributed by atoms with Crippen molar-refractivity contribution in [1.29, 1.82) is 0 Å². The average molecular weight is 316 g/mol. The molecule has 2 aromatic carbocycles. The molecule has 0 radical (unpaired) electrons. The number of aryl methyl sites for hydroxylation is 2. The number of aliphatic hydroxyl groups is 1. The molecular formula is C21H20N2O. The van der Waals surface area contributed by atoms with Crippen molar-refractivity contribution in [3.05, 3.63) is 77.2 Å². The third kappa shape index (κ3) is 1.85. The Morgan fingerprint density at radius 3 is 2.92 bits per heavy atom. The van der Waals surface area contributed by atoms with Crippen LogP contribution in [0.2, 0.25) is 0 Å². The topological polar surface area (TPSA) is 38.0 Å². The minimum atomic E-state index is -0.430. The Morgan fingerprint density at radius 2 is 2.00 bits per heavy atom. The zero-order valence-electron chi connectivity index (χ0n) is 13.7. The zero-order chi connectivity index (χ0) is 16.3. The Hall–Kier alpha value is -2.39. The van der Waals surface area contributed by atoms with E-state index >= 15 is 0 Å². The Morgan fingerprint density at radius 1 is 1.12 bits per heavy atom. The first-order chi connectivity index (χ1) is 11.7. The normalized spacial score (nSPS) is 24.3. The second kappa shape index (κ2) is 5.05. The number of hydrogen-bond acceptors (Lipinski definition) is 2. The van der Waals surface area contributed by atoms with Gasteiger partial charge in [-0.2, -0.15) is 0 Å².